The third-order valence-corrected chi connectivity index (χ3v) is 2.07. The number of aliphatic hydroxyl groups is 1. The van der Waals surface area contributed by atoms with Gasteiger partial charge in [-0.15, -0.1) is 0 Å². The Morgan fingerprint density at radius 2 is 2.17 bits per heavy atom. The number of halogens is 1. The van der Waals surface area contributed by atoms with Crippen molar-refractivity contribution in [2.75, 3.05) is 7.11 Å². The lowest BCUT2D eigenvalue weighted by Gasteiger charge is -2.09. The Morgan fingerprint density at radius 3 is 2.67 bits per heavy atom. The molecular weight excluding hydrogens is 176 g/mol. The highest BCUT2D eigenvalue weighted by molar-refractivity contribution is 6.32. The number of benzene rings is 1. The van der Waals surface area contributed by atoms with Crippen LogP contribution in [-0.4, -0.2) is 12.2 Å². The van der Waals surface area contributed by atoms with Crippen molar-refractivity contribution in [1.82, 2.24) is 0 Å². The fraction of sp³-hybridized carbons (Fsp3) is 0.333. The van der Waals surface area contributed by atoms with E-state index in [2.05, 4.69) is 0 Å². The molecule has 1 aromatic rings. The van der Waals surface area contributed by atoms with Gasteiger partial charge in [0.2, 0.25) is 0 Å². The number of rotatable bonds is 2. The van der Waals surface area contributed by atoms with Crippen LogP contribution in [0.15, 0.2) is 18.2 Å². The fourth-order valence-electron chi connectivity index (χ4n) is 1.01. The summed E-state index contributed by atoms with van der Waals surface area (Å²) in [6.07, 6.45) is -0.562. The molecule has 2 nitrogen and oxygen atoms in total. The summed E-state index contributed by atoms with van der Waals surface area (Å²) in [7, 11) is 1.55. The Labute approximate surface area is 76.7 Å². The van der Waals surface area contributed by atoms with E-state index in [0.717, 1.165) is 0 Å². The Balaban J connectivity index is 3.14. The summed E-state index contributed by atoms with van der Waals surface area (Å²) in [5, 5.41) is 9.77. The second-order valence-corrected chi connectivity index (χ2v) is 2.92. The van der Waals surface area contributed by atoms with E-state index in [9.17, 15) is 5.11 Å². The normalized spacial score (nSPS) is 12.7. The molecule has 1 rings (SSSR count). The lowest BCUT2D eigenvalue weighted by atomic mass is 10.1. The molecule has 0 aliphatic heterocycles. The molecule has 0 aromatic heterocycles. The van der Waals surface area contributed by atoms with Crippen molar-refractivity contribution in [2.45, 2.75) is 13.0 Å². The monoisotopic (exact) mass is 186 g/mol. The van der Waals surface area contributed by atoms with Gasteiger partial charge < -0.3 is 9.84 Å². The molecule has 0 heterocycles. The average Bonchev–Trinajstić information content (AvgIpc) is 2.04. The van der Waals surface area contributed by atoms with Crippen LogP contribution in [0.2, 0.25) is 5.02 Å². The number of aliphatic hydroxyl groups excluding tert-OH is 1. The van der Waals surface area contributed by atoms with Gasteiger partial charge in [0, 0.05) is 5.56 Å². The van der Waals surface area contributed by atoms with E-state index in [-0.39, 0.29) is 0 Å². The molecule has 0 amide bonds. The van der Waals surface area contributed by atoms with Gasteiger partial charge in [0.15, 0.2) is 0 Å². The standard InChI is InChI=1S/C9H11ClO2/c1-6(11)7-4-3-5-8(12-2)9(7)10/h3-6,11H,1-2H3. The van der Waals surface area contributed by atoms with Crippen LogP contribution < -0.4 is 4.74 Å². The van der Waals surface area contributed by atoms with E-state index in [1.807, 2.05) is 0 Å². The molecule has 12 heavy (non-hydrogen) atoms. The van der Waals surface area contributed by atoms with Gasteiger partial charge in [0.1, 0.15) is 5.75 Å². The highest BCUT2D eigenvalue weighted by Gasteiger charge is 2.09. The van der Waals surface area contributed by atoms with Crippen molar-refractivity contribution in [1.29, 1.82) is 0 Å². The highest BCUT2D eigenvalue weighted by Crippen LogP contribution is 2.31. The van der Waals surface area contributed by atoms with E-state index in [4.69, 9.17) is 16.3 Å². The van der Waals surface area contributed by atoms with Gasteiger partial charge in [-0.25, -0.2) is 0 Å². The number of ether oxygens (including phenoxy) is 1. The summed E-state index contributed by atoms with van der Waals surface area (Å²) in [6.45, 7) is 1.67. The fourth-order valence-corrected chi connectivity index (χ4v) is 1.37. The Bertz CT molecular complexity index is 271. The zero-order valence-electron chi connectivity index (χ0n) is 7.04. The van der Waals surface area contributed by atoms with Crippen LogP contribution in [-0.2, 0) is 0 Å². The first kappa shape index (κ1) is 9.36. The molecule has 66 valence electrons. The molecule has 0 saturated carbocycles. The van der Waals surface area contributed by atoms with Crippen LogP contribution in [0.25, 0.3) is 0 Å². The summed E-state index contributed by atoms with van der Waals surface area (Å²) < 4.78 is 4.99. The van der Waals surface area contributed by atoms with Gasteiger partial charge in [-0.05, 0) is 13.0 Å². The summed E-state index contributed by atoms with van der Waals surface area (Å²) in [5.74, 6) is 0.593. The summed E-state index contributed by atoms with van der Waals surface area (Å²) in [6, 6.07) is 5.33. The second kappa shape index (κ2) is 3.78. The van der Waals surface area contributed by atoms with Gasteiger partial charge in [0.25, 0.3) is 0 Å². The van der Waals surface area contributed by atoms with E-state index in [1.165, 1.54) is 0 Å². The third kappa shape index (κ3) is 1.71. The molecule has 1 aromatic carbocycles. The number of hydrogen-bond acceptors (Lipinski definition) is 2. The van der Waals surface area contributed by atoms with Crippen molar-refractivity contribution in [3.05, 3.63) is 28.8 Å². The first-order chi connectivity index (χ1) is 5.66. The number of hydrogen-bond donors (Lipinski definition) is 1. The van der Waals surface area contributed by atoms with Crippen LogP contribution in [0.4, 0.5) is 0 Å². The smallest absolute Gasteiger partial charge is 0.137 e. The van der Waals surface area contributed by atoms with Gasteiger partial charge in [-0.2, -0.15) is 0 Å². The Morgan fingerprint density at radius 1 is 1.50 bits per heavy atom. The maximum atomic E-state index is 9.28. The van der Waals surface area contributed by atoms with E-state index >= 15 is 0 Å². The van der Waals surface area contributed by atoms with Gasteiger partial charge in [0.05, 0.1) is 18.2 Å². The second-order valence-electron chi connectivity index (χ2n) is 2.54. The van der Waals surface area contributed by atoms with Crippen LogP contribution in [0, 0.1) is 0 Å². The Hall–Kier alpha value is -0.730. The molecule has 0 saturated heterocycles. The first-order valence-corrected chi connectivity index (χ1v) is 4.05. The minimum Gasteiger partial charge on any atom is -0.495 e. The van der Waals surface area contributed by atoms with Crippen molar-refractivity contribution in [3.63, 3.8) is 0 Å². The zero-order chi connectivity index (χ0) is 9.14. The average molecular weight is 187 g/mol. The summed E-state index contributed by atoms with van der Waals surface area (Å²) >= 11 is 5.92. The van der Waals surface area contributed by atoms with Gasteiger partial charge in [-0.3, -0.25) is 0 Å². The van der Waals surface area contributed by atoms with Crippen molar-refractivity contribution >= 4 is 11.6 Å². The van der Waals surface area contributed by atoms with Crippen LogP contribution in [0.5, 0.6) is 5.75 Å². The molecule has 0 spiro atoms. The Kier molecular flexibility index (Phi) is 2.95. The minimum absolute atomic E-state index is 0.481. The molecule has 3 heteroatoms. The molecule has 0 aliphatic rings. The quantitative estimate of drug-likeness (QED) is 0.769. The maximum Gasteiger partial charge on any atom is 0.137 e. The summed E-state index contributed by atoms with van der Waals surface area (Å²) in [4.78, 5) is 0. The topological polar surface area (TPSA) is 29.5 Å². The minimum atomic E-state index is -0.562. The maximum absolute atomic E-state index is 9.28. The first-order valence-electron chi connectivity index (χ1n) is 3.67. The van der Waals surface area contributed by atoms with Crippen molar-refractivity contribution < 1.29 is 9.84 Å². The van der Waals surface area contributed by atoms with Crippen LogP contribution in [0.3, 0.4) is 0 Å². The van der Waals surface area contributed by atoms with E-state index < -0.39 is 6.10 Å². The zero-order valence-corrected chi connectivity index (χ0v) is 7.80. The van der Waals surface area contributed by atoms with Crippen molar-refractivity contribution in [3.8, 4) is 5.75 Å². The SMILES string of the molecule is COc1cccc(C(C)O)c1Cl. The van der Waals surface area contributed by atoms with E-state index in [0.29, 0.717) is 16.3 Å². The third-order valence-electron chi connectivity index (χ3n) is 1.66. The summed E-state index contributed by atoms with van der Waals surface area (Å²) in [5.41, 5.74) is 0.691. The largest absolute Gasteiger partial charge is 0.495 e. The predicted molar refractivity (Wildman–Crippen MR) is 48.6 cm³/mol. The van der Waals surface area contributed by atoms with E-state index in [1.54, 1.807) is 32.2 Å². The van der Waals surface area contributed by atoms with Crippen LogP contribution >= 0.6 is 11.6 Å². The highest BCUT2D eigenvalue weighted by atomic mass is 35.5. The molecule has 1 N–H and O–H groups in total. The molecule has 0 fully saturated rings. The predicted octanol–water partition coefficient (Wildman–Crippen LogP) is 2.40. The molecule has 0 aliphatic carbocycles. The van der Waals surface area contributed by atoms with Gasteiger partial charge >= 0.3 is 0 Å². The number of methoxy groups -OCH3 is 1. The molecule has 0 radical (unpaired) electrons. The van der Waals surface area contributed by atoms with Crippen LogP contribution in [0.1, 0.15) is 18.6 Å². The molecule has 1 unspecified atom stereocenters. The van der Waals surface area contributed by atoms with Crippen molar-refractivity contribution in [2.24, 2.45) is 0 Å². The lowest BCUT2D eigenvalue weighted by Crippen LogP contribution is -1.94. The molecule has 1 atom stereocenters. The molecule has 0 bridgehead atoms. The lowest BCUT2D eigenvalue weighted by molar-refractivity contribution is 0.199. The molecular formula is C9H11ClO2. The van der Waals surface area contributed by atoms with Gasteiger partial charge in [-0.1, -0.05) is 23.7 Å².